The van der Waals surface area contributed by atoms with E-state index in [0.29, 0.717) is 0 Å². The van der Waals surface area contributed by atoms with Crippen LogP contribution < -0.4 is 10.6 Å². The predicted molar refractivity (Wildman–Crippen MR) is 63.1 cm³/mol. The number of anilines is 1. The number of hydrogen-bond acceptors (Lipinski definition) is 3. The smallest absolute Gasteiger partial charge is 0.433 e. The Balaban J connectivity index is 2.41. The topological polar surface area (TPSA) is 91.3 Å². The standard InChI is InChI=1S/C11H12F3N3O3/c12-11(13,14)8-4-3-7(6-16-8)17-10(20)15-5-1-2-9(18)19/h3-4,6H,1-2,5H2,(H,18,19)(H2,15,17,20). The van der Waals surface area contributed by atoms with Crippen LogP contribution in [-0.2, 0) is 11.0 Å². The van der Waals surface area contributed by atoms with Crippen molar-refractivity contribution >= 4 is 17.7 Å². The normalized spacial score (nSPS) is 10.9. The van der Waals surface area contributed by atoms with Gasteiger partial charge in [-0.15, -0.1) is 0 Å². The first-order valence-electron chi connectivity index (χ1n) is 5.59. The van der Waals surface area contributed by atoms with Crippen molar-refractivity contribution in [3.05, 3.63) is 24.0 Å². The third-order valence-corrected chi connectivity index (χ3v) is 2.16. The summed E-state index contributed by atoms with van der Waals surface area (Å²) >= 11 is 0. The zero-order valence-corrected chi connectivity index (χ0v) is 10.2. The van der Waals surface area contributed by atoms with Crippen LogP contribution in [0.3, 0.4) is 0 Å². The van der Waals surface area contributed by atoms with Crippen LogP contribution >= 0.6 is 0 Å². The second-order valence-electron chi connectivity index (χ2n) is 3.81. The molecule has 0 atom stereocenters. The molecule has 9 heteroatoms. The van der Waals surface area contributed by atoms with Gasteiger partial charge in [0, 0.05) is 13.0 Å². The lowest BCUT2D eigenvalue weighted by molar-refractivity contribution is -0.141. The number of pyridine rings is 1. The molecule has 20 heavy (non-hydrogen) atoms. The highest BCUT2D eigenvalue weighted by atomic mass is 19.4. The SMILES string of the molecule is O=C(O)CCCNC(=O)Nc1ccc(C(F)(F)F)nc1. The molecule has 0 aliphatic rings. The molecule has 6 nitrogen and oxygen atoms in total. The summed E-state index contributed by atoms with van der Waals surface area (Å²) in [4.78, 5) is 24.7. The number of aliphatic carboxylic acids is 1. The molecule has 1 heterocycles. The number of carboxylic acids is 1. The largest absolute Gasteiger partial charge is 0.481 e. The molecule has 110 valence electrons. The van der Waals surface area contributed by atoms with Gasteiger partial charge in [-0.05, 0) is 18.6 Å². The van der Waals surface area contributed by atoms with Gasteiger partial charge in [0.05, 0.1) is 11.9 Å². The van der Waals surface area contributed by atoms with Gasteiger partial charge in [0.15, 0.2) is 0 Å². The van der Waals surface area contributed by atoms with Gasteiger partial charge in [0.2, 0.25) is 0 Å². The first kappa shape index (κ1) is 15.7. The Labute approximate surface area is 112 Å². The summed E-state index contributed by atoms with van der Waals surface area (Å²) in [6.45, 7) is 0.145. The zero-order chi connectivity index (χ0) is 15.2. The third-order valence-electron chi connectivity index (χ3n) is 2.16. The molecule has 1 rings (SSSR count). The summed E-state index contributed by atoms with van der Waals surface area (Å²) in [7, 11) is 0. The molecule has 0 saturated carbocycles. The summed E-state index contributed by atoms with van der Waals surface area (Å²) in [5, 5.41) is 13.0. The molecule has 3 N–H and O–H groups in total. The Hall–Kier alpha value is -2.32. The Morgan fingerprint density at radius 1 is 1.30 bits per heavy atom. The Kier molecular flexibility index (Phi) is 5.30. The van der Waals surface area contributed by atoms with Crippen LogP contribution in [0.4, 0.5) is 23.7 Å². The summed E-state index contributed by atoms with van der Waals surface area (Å²) in [5.74, 6) is -0.973. The Morgan fingerprint density at radius 3 is 2.50 bits per heavy atom. The lowest BCUT2D eigenvalue weighted by atomic mass is 10.3. The van der Waals surface area contributed by atoms with Crippen molar-refractivity contribution in [3.63, 3.8) is 0 Å². The summed E-state index contributed by atoms with van der Waals surface area (Å²) in [6.07, 6.45) is -3.46. The third kappa shape index (κ3) is 5.55. The average molecular weight is 291 g/mol. The van der Waals surface area contributed by atoms with Crippen molar-refractivity contribution < 1.29 is 27.9 Å². The molecule has 1 aromatic rings. The van der Waals surface area contributed by atoms with E-state index >= 15 is 0 Å². The van der Waals surface area contributed by atoms with Crippen molar-refractivity contribution in [2.24, 2.45) is 0 Å². The summed E-state index contributed by atoms with van der Waals surface area (Å²) in [6, 6.07) is 1.18. The Bertz CT molecular complexity index is 474. The number of carboxylic acid groups (broad SMARTS) is 1. The number of nitrogens with zero attached hydrogens (tertiary/aromatic N) is 1. The summed E-state index contributed by atoms with van der Waals surface area (Å²) < 4.78 is 36.7. The Morgan fingerprint density at radius 2 is 2.00 bits per heavy atom. The van der Waals surface area contributed by atoms with Gasteiger partial charge < -0.3 is 15.7 Å². The number of carbonyl (C=O) groups excluding carboxylic acids is 1. The maximum absolute atomic E-state index is 12.2. The molecule has 0 radical (unpaired) electrons. The molecule has 0 aromatic carbocycles. The van der Waals surface area contributed by atoms with Crippen molar-refractivity contribution in [1.82, 2.24) is 10.3 Å². The molecule has 0 unspecified atom stereocenters. The second-order valence-corrected chi connectivity index (χ2v) is 3.81. The molecule has 0 aliphatic carbocycles. The van der Waals surface area contributed by atoms with Crippen LogP contribution in [-0.4, -0.2) is 28.6 Å². The highest BCUT2D eigenvalue weighted by molar-refractivity contribution is 5.88. The van der Waals surface area contributed by atoms with Crippen LogP contribution in [0.25, 0.3) is 0 Å². The van der Waals surface area contributed by atoms with Gasteiger partial charge in [0.25, 0.3) is 0 Å². The van der Waals surface area contributed by atoms with Crippen LogP contribution in [0, 0.1) is 0 Å². The van der Waals surface area contributed by atoms with Gasteiger partial charge in [0.1, 0.15) is 5.69 Å². The first-order valence-corrected chi connectivity index (χ1v) is 5.59. The minimum absolute atomic E-state index is 0.0812. The van der Waals surface area contributed by atoms with E-state index in [4.69, 9.17) is 5.11 Å². The maximum atomic E-state index is 12.2. The predicted octanol–water partition coefficient (Wildman–Crippen LogP) is 2.09. The number of amides is 2. The van der Waals surface area contributed by atoms with Crippen molar-refractivity contribution in [2.45, 2.75) is 19.0 Å². The first-order chi connectivity index (χ1) is 9.29. The quantitative estimate of drug-likeness (QED) is 0.724. The number of aromatic nitrogens is 1. The van der Waals surface area contributed by atoms with Gasteiger partial charge in [-0.2, -0.15) is 13.2 Å². The molecule has 1 aromatic heterocycles. The van der Waals surface area contributed by atoms with E-state index in [2.05, 4.69) is 15.6 Å². The summed E-state index contributed by atoms with van der Waals surface area (Å²) in [5.41, 5.74) is -0.946. The van der Waals surface area contributed by atoms with E-state index < -0.39 is 23.9 Å². The molecular formula is C11H12F3N3O3. The molecule has 0 spiro atoms. The number of alkyl halides is 3. The molecule has 2 amide bonds. The van der Waals surface area contributed by atoms with Crippen LogP contribution in [0.2, 0.25) is 0 Å². The minimum atomic E-state index is -4.53. The number of hydrogen-bond donors (Lipinski definition) is 3. The van der Waals surface area contributed by atoms with E-state index in [1.165, 1.54) is 0 Å². The molecule has 0 fully saturated rings. The fourth-order valence-electron chi connectivity index (χ4n) is 1.25. The van der Waals surface area contributed by atoms with Crippen LogP contribution in [0.1, 0.15) is 18.5 Å². The van der Waals surface area contributed by atoms with Crippen molar-refractivity contribution in [1.29, 1.82) is 0 Å². The van der Waals surface area contributed by atoms with Gasteiger partial charge in [-0.25, -0.2) is 9.78 Å². The van der Waals surface area contributed by atoms with E-state index in [-0.39, 0.29) is 25.1 Å². The maximum Gasteiger partial charge on any atom is 0.433 e. The lowest BCUT2D eigenvalue weighted by Gasteiger charge is -2.08. The number of halogens is 3. The lowest BCUT2D eigenvalue weighted by Crippen LogP contribution is -2.29. The fraction of sp³-hybridized carbons (Fsp3) is 0.364. The highest BCUT2D eigenvalue weighted by Gasteiger charge is 2.32. The van der Waals surface area contributed by atoms with Crippen LogP contribution in [0.15, 0.2) is 18.3 Å². The van der Waals surface area contributed by atoms with Crippen molar-refractivity contribution in [2.75, 3.05) is 11.9 Å². The number of nitrogens with one attached hydrogen (secondary N) is 2. The minimum Gasteiger partial charge on any atom is -0.481 e. The van der Waals surface area contributed by atoms with Crippen molar-refractivity contribution in [3.8, 4) is 0 Å². The molecule has 0 bridgehead atoms. The van der Waals surface area contributed by atoms with E-state index in [9.17, 15) is 22.8 Å². The van der Waals surface area contributed by atoms with E-state index in [1.54, 1.807) is 0 Å². The van der Waals surface area contributed by atoms with E-state index in [0.717, 1.165) is 18.3 Å². The van der Waals surface area contributed by atoms with Gasteiger partial charge in [-0.1, -0.05) is 0 Å². The molecular weight excluding hydrogens is 279 g/mol. The van der Waals surface area contributed by atoms with Gasteiger partial charge >= 0.3 is 18.2 Å². The monoisotopic (exact) mass is 291 g/mol. The number of urea groups is 1. The van der Waals surface area contributed by atoms with Crippen LogP contribution in [0.5, 0.6) is 0 Å². The van der Waals surface area contributed by atoms with Gasteiger partial charge in [-0.3, -0.25) is 4.79 Å². The zero-order valence-electron chi connectivity index (χ0n) is 10.2. The second kappa shape index (κ2) is 6.73. The molecule has 0 saturated heterocycles. The fourth-order valence-corrected chi connectivity index (χ4v) is 1.25. The molecule has 0 aliphatic heterocycles. The highest BCUT2D eigenvalue weighted by Crippen LogP contribution is 2.27. The number of rotatable bonds is 5. The number of carbonyl (C=O) groups is 2. The van der Waals surface area contributed by atoms with E-state index in [1.807, 2.05) is 0 Å². The average Bonchev–Trinajstić information content (AvgIpc) is 2.34.